The quantitative estimate of drug-likeness (QED) is 0.419. The van der Waals surface area contributed by atoms with Gasteiger partial charge in [-0.1, -0.05) is 18.5 Å². The fourth-order valence-electron chi connectivity index (χ4n) is 4.47. The van der Waals surface area contributed by atoms with Crippen LogP contribution in [0.25, 0.3) is 0 Å². The minimum absolute atomic E-state index is 0. The van der Waals surface area contributed by atoms with Gasteiger partial charge in [0.25, 0.3) is 0 Å². The number of Topliss-reactive ketones (excluding diaryl/α,β-unsaturated/α-hetero) is 1. The monoisotopic (exact) mass is 586 g/mol. The topological polar surface area (TPSA) is 138 Å². The molecule has 1 aliphatic carbocycles. The Balaban J connectivity index is 0.00000400. The second kappa shape index (κ2) is 11.8. The third kappa shape index (κ3) is 5.64. The summed E-state index contributed by atoms with van der Waals surface area (Å²) in [5.74, 6) is -2.98. The molecule has 15 heteroatoms. The zero-order valence-corrected chi connectivity index (χ0v) is 21.9. The molecule has 1 aromatic carbocycles. The molecule has 2 heterocycles. The van der Waals surface area contributed by atoms with Gasteiger partial charge in [-0.2, -0.15) is 13.2 Å². The number of carbonyl (C=O) groups excluding carboxylic acids is 2. The van der Waals surface area contributed by atoms with Gasteiger partial charge in [0.15, 0.2) is 29.3 Å². The first-order valence-electron chi connectivity index (χ1n) is 11.4. The SMILES string of the molecule is COC1=CC(=O)C[C@@H](C)[C@]12Oc1c(Cl)c(OS(=O)C(F)(F)F)cc(OCCOC3CCCCO3)c1C2=O.O. The maximum atomic E-state index is 13.8. The van der Waals surface area contributed by atoms with Crippen molar-refractivity contribution >= 4 is 34.2 Å². The smallest absolute Gasteiger partial charge is 0.496 e. The molecule has 1 aromatic rings. The van der Waals surface area contributed by atoms with Crippen LogP contribution in [-0.4, -0.2) is 65.6 Å². The number of halogens is 4. The average Bonchev–Trinajstić information content (AvgIpc) is 3.16. The van der Waals surface area contributed by atoms with Gasteiger partial charge in [0.05, 0.1) is 13.7 Å². The predicted molar refractivity (Wildman–Crippen MR) is 126 cm³/mol. The molecule has 0 saturated carbocycles. The van der Waals surface area contributed by atoms with Crippen LogP contribution >= 0.6 is 11.6 Å². The molecule has 4 atom stereocenters. The molecule has 0 radical (unpaired) electrons. The number of benzene rings is 1. The number of fused-ring (bicyclic) bond motifs is 1. The molecule has 1 fully saturated rings. The Morgan fingerprint density at radius 2 is 1.95 bits per heavy atom. The Labute approximate surface area is 223 Å². The van der Waals surface area contributed by atoms with Gasteiger partial charge in [0.2, 0.25) is 11.4 Å². The van der Waals surface area contributed by atoms with Gasteiger partial charge >= 0.3 is 16.6 Å². The summed E-state index contributed by atoms with van der Waals surface area (Å²) in [6.07, 6.45) is 3.24. The molecule has 1 spiro atoms. The summed E-state index contributed by atoms with van der Waals surface area (Å²) in [4.78, 5) is 25.9. The molecule has 0 aromatic heterocycles. The Kier molecular flexibility index (Phi) is 9.35. The number of ketones is 2. The van der Waals surface area contributed by atoms with E-state index in [2.05, 4.69) is 4.18 Å². The zero-order valence-electron chi connectivity index (χ0n) is 20.4. The van der Waals surface area contributed by atoms with E-state index in [1.54, 1.807) is 6.92 Å². The second-order valence-corrected chi connectivity index (χ2v) is 10.1. The summed E-state index contributed by atoms with van der Waals surface area (Å²) < 4.78 is 83.1. The second-order valence-electron chi connectivity index (χ2n) is 8.62. The van der Waals surface area contributed by atoms with E-state index in [9.17, 15) is 27.0 Å². The summed E-state index contributed by atoms with van der Waals surface area (Å²) >= 11 is 2.53. The van der Waals surface area contributed by atoms with Crippen molar-refractivity contribution < 1.29 is 60.3 Å². The maximum Gasteiger partial charge on any atom is 0.508 e. The lowest BCUT2D eigenvalue weighted by atomic mass is 9.75. The van der Waals surface area contributed by atoms with Crippen molar-refractivity contribution in [3.63, 3.8) is 0 Å². The fraction of sp³-hybridized carbons (Fsp3) is 0.565. The largest absolute Gasteiger partial charge is 0.508 e. The van der Waals surface area contributed by atoms with Gasteiger partial charge in [-0.25, -0.2) is 4.21 Å². The zero-order chi connectivity index (χ0) is 27.0. The van der Waals surface area contributed by atoms with Crippen LogP contribution in [0.4, 0.5) is 13.2 Å². The van der Waals surface area contributed by atoms with Gasteiger partial charge < -0.3 is 33.3 Å². The highest BCUT2D eigenvalue weighted by atomic mass is 35.5. The number of carbonyl (C=O) groups is 2. The molecular formula is C23H26ClF3O10S. The normalized spacial score (nSPS) is 25.7. The van der Waals surface area contributed by atoms with Crippen molar-refractivity contribution in [1.82, 2.24) is 0 Å². The lowest BCUT2D eigenvalue weighted by Gasteiger charge is -2.36. The molecule has 0 bridgehead atoms. The first-order chi connectivity index (χ1) is 17.5. The van der Waals surface area contributed by atoms with Crippen molar-refractivity contribution in [1.29, 1.82) is 0 Å². The maximum absolute atomic E-state index is 13.8. The van der Waals surface area contributed by atoms with Crippen LogP contribution in [0.1, 0.15) is 43.0 Å². The van der Waals surface area contributed by atoms with Crippen LogP contribution in [0, 0.1) is 5.92 Å². The van der Waals surface area contributed by atoms with Crippen molar-refractivity contribution in [2.45, 2.75) is 50.0 Å². The molecule has 10 nitrogen and oxygen atoms in total. The van der Waals surface area contributed by atoms with Gasteiger partial charge in [0, 0.05) is 31.1 Å². The molecule has 4 rings (SSSR count). The van der Waals surface area contributed by atoms with Crippen molar-refractivity contribution in [3.8, 4) is 17.2 Å². The van der Waals surface area contributed by atoms with Crippen LogP contribution in [0.2, 0.25) is 5.02 Å². The number of methoxy groups -OCH3 is 1. The van der Waals surface area contributed by atoms with Crippen LogP contribution < -0.4 is 13.7 Å². The first-order valence-corrected chi connectivity index (χ1v) is 12.9. The Bertz CT molecular complexity index is 1140. The van der Waals surface area contributed by atoms with Crippen LogP contribution in [0.15, 0.2) is 17.9 Å². The van der Waals surface area contributed by atoms with E-state index in [0.717, 1.165) is 25.0 Å². The number of hydrogen-bond donors (Lipinski definition) is 0. The van der Waals surface area contributed by atoms with E-state index in [1.165, 1.54) is 7.11 Å². The van der Waals surface area contributed by atoms with Crippen molar-refractivity contribution in [3.05, 3.63) is 28.5 Å². The number of alkyl halides is 3. The summed E-state index contributed by atoms with van der Waals surface area (Å²) in [5.41, 5.74) is -7.17. The Morgan fingerprint density at radius 1 is 1.21 bits per heavy atom. The van der Waals surface area contributed by atoms with Crippen LogP contribution in [0.3, 0.4) is 0 Å². The first kappa shape index (κ1) is 30.2. The standard InChI is InChI=1S/C23H24ClF3O9S.H2O/c1-12-9-13(28)10-16(31-2)22(12)21(29)18-14(32-7-8-34-17-5-3-4-6-33-17)11-15(19(24)20(18)35-22)36-37(30)23(25,26)27;/h10-12,17H,3-9H2,1-2H3;1H2/t12-,17?,22+,37?;/m1./s1. The van der Waals surface area contributed by atoms with E-state index in [0.29, 0.717) is 13.0 Å². The number of rotatable bonds is 8. The lowest BCUT2D eigenvalue weighted by Crippen LogP contribution is -2.51. The van der Waals surface area contributed by atoms with Gasteiger partial charge in [-0.15, -0.1) is 0 Å². The predicted octanol–water partition coefficient (Wildman–Crippen LogP) is 3.45. The van der Waals surface area contributed by atoms with Crippen molar-refractivity contribution in [2.24, 2.45) is 5.92 Å². The number of ether oxygens (including phenoxy) is 5. The molecule has 2 unspecified atom stereocenters. The summed E-state index contributed by atoms with van der Waals surface area (Å²) in [5, 5.41) is -0.517. The summed E-state index contributed by atoms with van der Waals surface area (Å²) in [6.45, 7) is 2.09. The molecule has 3 aliphatic rings. The third-order valence-electron chi connectivity index (χ3n) is 6.20. The Morgan fingerprint density at radius 3 is 2.58 bits per heavy atom. The highest BCUT2D eigenvalue weighted by molar-refractivity contribution is 7.81. The highest BCUT2D eigenvalue weighted by Crippen LogP contribution is 2.54. The molecular weight excluding hydrogens is 561 g/mol. The minimum atomic E-state index is -5.20. The van der Waals surface area contributed by atoms with E-state index < -0.39 is 51.0 Å². The fourth-order valence-corrected chi connectivity index (χ4v) is 5.13. The summed E-state index contributed by atoms with van der Waals surface area (Å²) in [7, 11) is 1.25. The Hall–Kier alpha value is -2.39. The third-order valence-corrected chi connectivity index (χ3v) is 7.26. The molecule has 0 amide bonds. The lowest BCUT2D eigenvalue weighted by molar-refractivity contribution is -0.165. The van der Waals surface area contributed by atoms with Crippen LogP contribution in [-0.2, 0) is 30.1 Å². The molecule has 38 heavy (non-hydrogen) atoms. The van der Waals surface area contributed by atoms with Crippen LogP contribution in [0.5, 0.6) is 17.2 Å². The van der Waals surface area contributed by atoms with E-state index in [-0.39, 0.29) is 53.7 Å². The van der Waals surface area contributed by atoms with Gasteiger partial charge in [-0.05, 0) is 19.3 Å². The number of hydrogen-bond acceptors (Lipinski definition) is 9. The molecule has 2 aliphatic heterocycles. The van der Waals surface area contributed by atoms with Gasteiger partial charge in [-0.3, -0.25) is 9.59 Å². The number of allylic oxidation sites excluding steroid dienone is 1. The van der Waals surface area contributed by atoms with E-state index in [4.69, 9.17) is 35.3 Å². The molecule has 1 saturated heterocycles. The van der Waals surface area contributed by atoms with Crippen molar-refractivity contribution in [2.75, 3.05) is 26.9 Å². The van der Waals surface area contributed by atoms with Gasteiger partial charge in [0.1, 0.15) is 22.9 Å². The van der Waals surface area contributed by atoms with E-state index >= 15 is 0 Å². The minimum Gasteiger partial charge on any atom is -0.496 e. The highest BCUT2D eigenvalue weighted by Gasteiger charge is 2.60. The average molecular weight is 587 g/mol. The summed E-state index contributed by atoms with van der Waals surface area (Å²) in [6, 6.07) is 0.941. The molecule has 2 N–H and O–H groups in total. The molecule has 212 valence electrons. The van der Waals surface area contributed by atoms with E-state index in [1.807, 2.05) is 0 Å².